The first-order valence-electron chi connectivity index (χ1n) is 9.50. The Labute approximate surface area is 153 Å². The van der Waals surface area contributed by atoms with E-state index in [2.05, 4.69) is 22.5 Å². The van der Waals surface area contributed by atoms with Gasteiger partial charge in [0.25, 0.3) is 5.91 Å². The summed E-state index contributed by atoms with van der Waals surface area (Å²) in [6.45, 7) is 5.76. The molecule has 2 heterocycles. The second-order valence-electron chi connectivity index (χ2n) is 7.81. The van der Waals surface area contributed by atoms with Crippen LogP contribution in [0.1, 0.15) is 47.0 Å². The lowest BCUT2D eigenvalue weighted by molar-refractivity contribution is -0.122. The Bertz CT molecular complexity index is 660. The minimum Gasteiger partial charge on any atom is -0.352 e. The second-order valence-corrected chi connectivity index (χ2v) is 8.77. The van der Waals surface area contributed by atoms with E-state index in [-0.39, 0.29) is 11.8 Å². The van der Waals surface area contributed by atoms with Crippen LogP contribution in [0.5, 0.6) is 0 Å². The minimum atomic E-state index is 0.128. The fourth-order valence-electron chi connectivity index (χ4n) is 3.84. The third-order valence-electron chi connectivity index (χ3n) is 5.60. The maximum absolute atomic E-state index is 12.9. The van der Waals surface area contributed by atoms with E-state index in [0.717, 1.165) is 63.3 Å². The molecule has 2 fully saturated rings. The number of hydrogen-bond acceptors (Lipinski definition) is 4. The van der Waals surface area contributed by atoms with E-state index < -0.39 is 0 Å². The minimum absolute atomic E-state index is 0.128. The Morgan fingerprint density at radius 3 is 2.68 bits per heavy atom. The third kappa shape index (κ3) is 3.90. The molecule has 0 bridgehead atoms. The van der Waals surface area contributed by atoms with Crippen molar-refractivity contribution in [3.05, 3.63) is 21.4 Å². The highest BCUT2D eigenvalue weighted by Crippen LogP contribution is 2.33. The Morgan fingerprint density at radius 2 is 1.96 bits per heavy atom. The first-order valence-corrected chi connectivity index (χ1v) is 10.4. The first kappa shape index (κ1) is 17.0. The lowest BCUT2D eigenvalue weighted by Gasteiger charge is -2.34. The highest BCUT2D eigenvalue weighted by atomic mass is 32.1. The van der Waals surface area contributed by atoms with E-state index in [4.69, 9.17) is 0 Å². The van der Waals surface area contributed by atoms with Crippen molar-refractivity contribution < 1.29 is 9.59 Å². The van der Waals surface area contributed by atoms with Crippen LogP contribution in [-0.2, 0) is 17.6 Å². The SMILES string of the molecule is CC1CCc2c(C(=O)N3CCN(CC(=O)NC4CC4)CC3)csc2C1. The molecule has 1 N–H and O–H groups in total. The number of carbonyl (C=O) groups is 2. The van der Waals surface area contributed by atoms with Crippen LogP contribution in [0, 0.1) is 5.92 Å². The number of fused-ring (bicyclic) bond motifs is 1. The van der Waals surface area contributed by atoms with Crippen molar-refractivity contribution in [1.29, 1.82) is 0 Å². The molecule has 0 spiro atoms. The molecule has 1 atom stereocenters. The molecule has 3 aliphatic rings. The molecule has 25 heavy (non-hydrogen) atoms. The molecular formula is C19H27N3O2S. The highest BCUT2D eigenvalue weighted by molar-refractivity contribution is 7.10. The molecule has 6 heteroatoms. The summed E-state index contributed by atoms with van der Waals surface area (Å²) in [5.74, 6) is 1.05. The van der Waals surface area contributed by atoms with Gasteiger partial charge < -0.3 is 10.2 Å². The van der Waals surface area contributed by atoms with Gasteiger partial charge in [-0.3, -0.25) is 14.5 Å². The number of thiophene rings is 1. The fourth-order valence-corrected chi connectivity index (χ4v) is 5.08. The average molecular weight is 362 g/mol. The summed E-state index contributed by atoms with van der Waals surface area (Å²) >= 11 is 1.76. The van der Waals surface area contributed by atoms with Gasteiger partial charge in [0.2, 0.25) is 5.91 Å². The van der Waals surface area contributed by atoms with Gasteiger partial charge in [0.15, 0.2) is 0 Å². The molecule has 0 radical (unpaired) electrons. The number of hydrogen-bond donors (Lipinski definition) is 1. The molecule has 136 valence electrons. The largest absolute Gasteiger partial charge is 0.352 e. The maximum Gasteiger partial charge on any atom is 0.255 e. The van der Waals surface area contributed by atoms with Crippen molar-refractivity contribution >= 4 is 23.2 Å². The topological polar surface area (TPSA) is 52.7 Å². The Kier molecular flexibility index (Phi) is 4.82. The zero-order chi connectivity index (χ0) is 17.4. The summed E-state index contributed by atoms with van der Waals surface area (Å²) < 4.78 is 0. The zero-order valence-corrected chi connectivity index (χ0v) is 15.7. The van der Waals surface area contributed by atoms with Gasteiger partial charge in [0, 0.05) is 42.5 Å². The number of amides is 2. The fraction of sp³-hybridized carbons (Fsp3) is 0.684. The van der Waals surface area contributed by atoms with E-state index in [1.807, 2.05) is 4.90 Å². The smallest absolute Gasteiger partial charge is 0.255 e. The molecule has 1 aliphatic heterocycles. The quantitative estimate of drug-likeness (QED) is 0.891. The molecule has 1 saturated heterocycles. The molecule has 4 rings (SSSR count). The van der Waals surface area contributed by atoms with Gasteiger partial charge in [0.05, 0.1) is 12.1 Å². The van der Waals surface area contributed by atoms with Gasteiger partial charge in [-0.1, -0.05) is 6.92 Å². The Morgan fingerprint density at radius 1 is 1.20 bits per heavy atom. The predicted octanol–water partition coefficient (Wildman–Crippen LogP) is 1.91. The van der Waals surface area contributed by atoms with Crippen LogP contribution in [0.2, 0.25) is 0 Å². The Hall–Kier alpha value is -1.40. The summed E-state index contributed by atoms with van der Waals surface area (Å²) in [7, 11) is 0. The second kappa shape index (κ2) is 7.08. The summed E-state index contributed by atoms with van der Waals surface area (Å²) in [5, 5.41) is 5.11. The maximum atomic E-state index is 12.9. The molecule has 0 aromatic carbocycles. The lowest BCUT2D eigenvalue weighted by Crippen LogP contribution is -2.51. The van der Waals surface area contributed by atoms with Crippen LogP contribution in [0.25, 0.3) is 0 Å². The molecule has 1 aromatic rings. The van der Waals surface area contributed by atoms with E-state index in [1.54, 1.807) is 11.3 Å². The summed E-state index contributed by atoms with van der Waals surface area (Å²) in [6.07, 6.45) is 5.60. The Balaban J connectivity index is 1.31. The van der Waals surface area contributed by atoms with E-state index in [9.17, 15) is 9.59 Å². The number of carbonyl (C=O) groups excluding carboxylic acids is 2. The van der Waals surface area contributed by atoms with Crippen molar-refractivity contribution in [2.75, 3.05) is 32.7 Å². The van der Waals surface area contributed by atoms with Gasteiger partial charge in [-0.2, -0.15) is 0 Å². The number of nitrogens with one attached hydrogen (secondary N) is 1. The number of nitrogens with zero attached hydrogens (tertiary/aromatic N) is 2. The highest BCUT2D eigenvalue weighted by Gasteiger charge is 2.29. The average Bonchev–Trinajstić information content (AvgIpc) is 3.31. The van der Waals surface area contributed by atoms with E-state index >= 15 is 0 Å². The van der Waals surface area contributed by atoms with Crippen LogP contribution in [0.4, 0.5) is 0 Å². The van der Waals surface area contributed by atoms with E-state index in [0.29, 0.717) is 12.6 Å². The summed E-state index contributed by atoms with van der Waals surface area (Å²) in [5.41, 5.74) is 2.24. The van der Waals surface area contributed by atoms with Gasteiger partial charge in [0.1, 0.15) is 0 Å². The molecular weight excluding hydrogens is 334 g/mol. The molecule has 1 unspecified atom stereocenters. The van der Waals surface area contributed by atoms with Crippen LogP contribution in [-0.4, -0.2) is 60.4 Å². The van der Waals surface area contributed by atoms with Crippen LogP contribution >= 0.6 is 11.3 Å². The lowest BCUT2D eigenvalue weighted by atomic mass is 9.88. The first-order chi connectivity index (χ1) is 12.1. The van der Waals surface area contributed by atoms with Crippen LogP contribution < -0.4 is 5.32 Å². The normalized spacial score (nSPS) is 24.0. The van der Waals surface area contributed by atoms with Crippen LogP contribution in [0.15, 0.2) is 5.38 Å². The van der Waals surface area contributed by atoms with Crippen molar-refractivity contribution in [2.24, 2.45) is 5.92 Å². The number of piperazine rings is 1. The molecule has 1 saturated carbocycles. The van der Waals surface area contributed by atoms with Crippen molar-refractivity contribution in [1.82, 2.24) is 15.1 Å². The monoisotopic (exact) mass is 361 g/mol. The van der Waals surface area contributed by atoms with Crippen molar-refractivity contribution in [3.63, 3.8) is 0 Å². The van der Waals surface area contributed by atoms with Crippen LogP contribution in [0.3, 0.4) is 0 Å². The predicted molar refractivity (Wildman–Crippen MR) is 99.0 cm³/mol. The molecule has 2 amide bonds. The summed E-state index contributed by atoms with van der Waals surface area (Å²) in [6, 6.07) is 0.419. The van der Waals surface area contributed by atoms with Crippen molar-refractivity contribution in [3.8, 4) is 0 Å². The molecule has 2 aliphatic carbocycles. The molecule has 1 aromatic heterocycles. The van der Waals surface area contributed by atoms with Gasteiger partial charge in [-0.15, -0.1) is 11.3 Å². The van der Waals surface area contributed by atoms with Gasteiger partial charge in [-0.25, -0.2) is 0 Å². The van der Waals surface area contributed by atoms with Gasteiger partial charge in [-0.05, 0) is 43.6 Å². The standard InChI is InChI=1S/C19H27N3O2S/c1-13-2-5-15-16(12-25-17(15)10-13)19(24)22-8-6-21(7-9-22)11-18(23)20-14-3-4-14/h12-14H,2-11H2,1H3,(H,20,23). The molecule has 5 nitrogen and oxygen atoms in total. The third-order valence-corrected chi connectivity index (χ3v) is 6.65. The van der Waals surface area contributed by atoms with E-state index in [1.165, 1.54) is 16.9 Å². The zero-order valence-electron chi connectivity index (χ0n) is 14.9. The van der Waals surface area contributed by atoms with Crippen molar-refractivity contribution in [2.45, 2.75) is 45.1 Å². The summed E-state index contributed by atoms with van der Waals surface area (Å²) in [4.78, 5) is 30.4. The van der Waals surface area contributed by atoms with Gasteiger partial charge >= 0.3 is 0 Å². The number of rotatable bonds is 4.